The molecule has 3 heterocycles. The number of hydrogen-bond donors (Lipinski definition) is 1. The average Bonchev–Trinajstić information content (AvgIpc) is 3.37. The Morgan fingerprint density at radius 2 is 2.03 bits per heavy atom. The molecule has 5 aromatic rings. The molecule has 10 heteroatoms. The van der Waals surface area contributed by atoms with Crippen LogP contribution >= 0.6 is 34.5 Å². The number of rotatable bonds is 4. The molecule has 1 N–H and O–H groups in total. The molecular weight excluding hydrogens is 459 g/mol. The van der Waals surface area contributed by atoms with Gasteiger partial charge in [-0.05, 0) is 30.3 Å². The molecule has 0 fully saturated rings. The third kappa shape index (κ3) is 3.69. The van der Waals surface area contributed by atoms with Gasteiger partial charge in [0.2, 0.25) is 11.5 Å². The van der Waals surface area contributed by atoms with Crippen LogP contribution in [0.2, 0.25) is 10.0 Å². The van der Waals surface area contributed by atoms with E-state index in [1.54, 1.807) is 29.6 Å². The van der Waals surface area contributed by atoms with E-state index in [1.165, 1.54) is 22.2 Å². The predicted molar refractivity (Wildman–Crippen MR) is 122 cm³/mol. The second kappa shape index (κ2) is 7.81. The van der Waals surface area contributed by atoms with Gasteiger partial charge in [0.1, 0.15) is 17.6 Å². The van der Waals surface area contributed by atoms with Crippen LogP contribution in [-0.4, -0.2) is 20.4 Å². The summed E-state index contributed by atoms with van der Waals surface area (Å²) in [5.74, 6) is -0.419. The molecule has 0 saturated carbocycles. The molecule has 0 saturated heterocycles. The topological polar surface area (TPSA) is 90.0 Å². The van der Waals surface area contributed by atoms with Crippen molar-refractivity contribution in [1.29, 1.82) is 0 Å². The van der Waals surface area contributed by atoms with Crippen molar-refractivity contribution in [2.75, 3.05) is 5.32 Å². The number of benzene rings is 2. The minimum absolute atomic E-state index is 0.114. The number of carbonyl (C=O) groups is 1. The Labute approximate surface area is 188 Å². The smallest absolute Gasteiger partial charge is 0.297 e. The van der Waals surface area contributed by atoms with Crippen LogP contribution in [0.4, 0.5) is 5.13 Å². The summed E-state index contributed by atoms with van der Waals surface area (Å²) >= 11 is 13.5. The molecule has 0 spiro atoms. The first-order valence-corrected chi connectivity index (χ1v) is 10.7. The first-order valence-electron chi connectivity index (χ1n) is 9.07. The number of hydrogen-bond acceptors (Lipinski definition) is 6. The first-order chi connectivity index (χ1) is 15.0. The Bertz CT molecular complexity index is 1520. The van der Waals surface area contributed by atoms with Crippen LogP contribution in [0.1, 0.15) is 0 Å². The van der Waals surface area contributed by atoms with Gasteiger partial charge in [0.15, 0.2) is 5.13 Å². The number of nitrogens with zero attached hydrogens (tertiary/aromatic N) is 3. The Morgan fingerprint density at radius 3 is 2.90 bits per heavy atom. The highest BCUT2D eigenvalue weighted by atomic mass is 35.5. The maximum Gasteiger partial charge on any atom is 0.297 e. The molecule has 2 aromatic carbocycles. The molecule has 5 rings (SSSR count). The lowest BCUT2D eigenvalue weighted by Crippen LogP contribution is -2.27. The molecule has 154 valence electrons. The van der Waals surface area contributed by atoms with Gasteiger partial charge in [-0.1, -0.05) is 35.3 Å². The average molecular weight is 471 g/mol. The maximum absolute atomic E-state index is 12.8. The lowest BCUT2D eigenvalue weighted by molar-refractivity contribution is -0.116. The van der Waals surface area contributed by atoms with E-state index in [0.717, 1.165) is 5.39 Å². The minimum atomic E-state index is -0.429. The summed E-state index contributed by atoms with van der Waals surface area (Å²) in [6.07, 6.45) is 1.34. The van der Waals surface area contributed by atoms with E-state index in [4.69, 9.17) is 27.6 Å². The maximum atomic E-state index is 12.8. The highest BCUT2D eigenvalue weighted by Crippen LogP contribution is 2.32. The summed E-state index contributed by atoms with van der Waals surface area (Å²) in [5.41, 5.74) is 1.99. The van der Waals surface area contributed by atoms with Crippen LogP contribution in [0.15, 0.2) is 63.4 Å². The van der Waals surface area contributed by atoms with Crippen LogP contribution in [0.3, 0.4) is 0 Å². The van der Waals surface area contributed by atoms with E-state index in [2.05, 4.69) is 15.3 Å². The van der Waals surface area contributed by atoms with Crippen LogP contribution in [0, 0.1) is 0 Å². The second-order valence-electron chi connectivity index (χ2n) is 6.66. The number of fused-ring (bicyclic) bond motifs is 3. The lowest BCUT2D eigenvalue weighted by atomic mass is 10.2. The summed E-state index contributed by atoms with van der Waals surface area (Å²) in [5, 5.41) is 6.62. The van der Waals surface area contributed by atoms with E-state index in [1.807, 2.05) is 18.2 Å². The Kier molecular flexibility index (Phi) is 4.97. The molecule has 1 amide bonds. The van der Waals surface area contributed by atoms with Gasteiger partial charge >= 0.3 is 0 Å². The minimum Gasteiger partial charge on any atom is -0.448 e. The van der Waals surface area contributed by atoms with Gasteiger partial charge in [-0.2, -0.15) is 0 Å². The van der Waals surface area contributed by atoms with Gasteiger partial charge in [-0.25, -0.2) is 9.97 Å². The van der Waals surface area contributed by atoms with Crippen LogP contribution in [-0.2, 0) is 11.3 Å². The SMILES string of the molecule is O=C(Cn1cnc2c(oc3ccccc32)c1=O)Nc1nc(-c2cc(Cl)ccc2Cl)cs1. The van der Waals surface area contributed by atoms with Gasteiger partial charge < -0.3 is 9.73 Å². The zero-order valence-corrected chi connectivity index (χ0v) is 18.0. The van der Waals surface area contributed by atoms with Crippen molar-refractivity contribution in [3.8, 4) is 11.3 Å². The summed E-state index contributed by atoms with van der Waals surface area (Å²) in [7, 11) is 0. The quantitative estimate of drug-likeness (QED) is 0.389. The Balaban J connectivity index is 1.37. The fraction of sp³-hybridized carbons (Fsp3) is 0.0476. The monoisotopic (exact) mass is 470 g/mol. The van der Waals surface area contributed by atoms with E-state index in [-0.39, 0.29) is 12.1 Å². The lowest BCUT2D eigenvalue weighted by Gasteiger charge is -2.05. The predicted octanol–water partition coefficient (Wildman–Crippen LogP) is 5.21. The van der Waals surface area contributed by atoms with Gasteiger partial charge in [-0.3, -0.25) is 14.2 Å². The van der Waals surface area contributed by atoms with Gasteiger partial charge in [-0.15, -0.1) is 11.3 Å². The molecule has 0 aliphatic heterocycles. The second-order valence-corrected chi connectivity index (χ2v) is 8.37. The van der Waals surface area contributed by atoms with Crippen molar-refractivity contribution < 1.29 is 9.21 Å². The van der Waals surface area contributed by atoms with Gasteiger partial charge in [0.05, 0.1) is 17.0 Å². The molecule has 0 atom stereocenters. The number of amides is 1. The van der Waals surface area contributed by atoms with Crippen molar-refractivity contribution in [2.45, 2.75) is 6.54 Å². The molecule has 0 bridgehead atoms. The summed E-state index contributed by atoms with van der Waals surface area (Å²) in [4.78, 5) is 33.9. The van der Waals surface area contributed by atoms with Crippen molar-refractivity contribution in [3.05, 3.63) is 74.6 Å². The van der Waals surface area contributed by atoms with Gasteiger partial charge in [0.25, 0.3) is 5.56 Å². The Morgan fingerprint density at radius 1 is 1.19 bits per heavy atom. The number of aromatic nitrogens is 3. The van der Waals surface area contributed by atoms with Crippen molar-refractivity contribution in [1.82, 2.24) is 14.5 Å². The third-order valence-corrected chi connectivity index (χ3v) is 5.94. The first kappa shape index (κ1) is 19.7. The van der Waals surface area contributed by atoms with Crippen molar-refractivity contribution in [2.24, 2.45) is 0 Å². The molecule has 3 aromatic heterocycles. The highest BCUT2D eigenvalue weighted by Gasteiger charge is 2.16. The highest BCUT2D eigenvalue weighted by molar-refractivity contribution is 7.14. The fourth-order valence-corrected chi connectivity index (χ4v) is 4.30. The molecule has 7 nitrogen and oxygen atoms in total. The van der Waals surface area contributed by atoms with Crippen molar-refractivity contribution in [3.63, 3.8) is 0 Å². The number of nitrogens with one attached hydrogen (secondary N) is 1. The summed E-state index contributed by atoms with van der Waals surface area (Å²) < 4.78 is 6.83. The normalized spacial score (nSPS) is 11.3. The number of thiazole rings is 1. The Hall–Kier alpha value is -3.20. The number of furan rings is 1. The number of halogens is 2. The fourth-order valence-electron chi connectivity index (χ4n) is 3.19. The van der Waals surface area contributed by atoms with E-state index >= 15 is 0 Å². The van der Waals surface area contributed by atoms with Crippen LogP contribution in [0.5, 0.6) is 0 Å². The van der Waals surface area contributed by atoms with Crippen molar-refractivity contribution >= 4 is 67.6 Å². The molecule has 0 aliphatic rings. The van der Waals surface area contributed by atoms with E-state index < -0.39 is 11.5 Å². The zero-order valence-electron chi connectivity index (χ0n) is 15.6. The number of carbonyl (C=O) groups excluding carboxylic acids is 1. The largest absolute Gasteiger partial charge is 0.448 e. The summed E-state index contributed by atoms with van der Waals surface area (Å²) in [6, 6.07) is 12.3. The molecule has 0 radical (unpaired) electrons. The number of para-hydroxylation sites is 1. The third-order valence-electron chi connectivity index (χ3n) is 4.62. The van der Waals surface area contributed by atoms with Crippen LogP contribution < -0.4 is 10.9 Å². The molecule has 0 aliphatic carbocycles. The van der Waals surface area contributed by atoms with Gasteiger partial charge in [0, 0.05) is 21.4 Å². The zero-order chi connectivity index (χ0) is 21.5. The van der Waals surface area contributed by atoms with E-state index in [0.29, 0.717) is 37.5 Å². The molecule has 0 unspecified atom stereocenters. The van der Waals surface area contributed by atoms with Crippen LogP contribution in [0.25, 0.3) is 33.3 Å². The van der Waals surface area contributed by atoms with E-state index in [9.17, 15) is 9.59 Å². The standard InChI is InChI=1S/C21H12Cl2N4O3S/c22-11-5-6-14(23)13(7-11)15-9-31-21(25-15)26-17(28)8-27-10-24-18-12-3-1-2-4-16(12)30-19(18)20(27)29/h1-7,9-10H,8H2,(H,25,26,28). The summed E-state index contributed by atoms with van der Waals surface area (Å²) in [6.45, 7) is -0.231. The number of anilines is 1. The molecule has 31 heavy (non-hydrogen) atoms. The molecular formula is C21H12Cl2N4O3S.